The second-order valence-corrected chi connectivity index (χ2v) is 6.43. The molecule has 2 aliphatic heterocycles. The van der Waals surface area contributed by atoms with Gasteiger partial charge in [0.15, 0.2) is 5.82 Å². The first-order chi connectivity index (χ1) is 11.6. The van der Waals surface area contributed by atoms with Gasteiger partial charge in [-0.3, -0.25) is 13.9 Å². The van der Waals surface area contributed by atoms with E-state index in [0.29, 0.717) is 11.4 Å². The highest BCUT2D eigenvalue weighted by atomic mass is 79.9. The second-order valence-electron chi connectivity index (χ2n) is 5.51. The third-order valence-corrected chi connectivity index (χ3v) is 4.57. The van der Waals surface area contributed by atoms with Gasteiger partial charge in [-0.2, -0.15) is 4.98 Å². The number of pyridine rings is 1. The Hall–Kier alpha value is -2.73. The van der Waals surface area contributed by atoms with Crippen LogP contribution in [0.3, 0.4) is 0 Å². The predicted molar refractivity (Wildman–Crippen MR) is 96.9 cm³/mol. The first-order valence-electron chi connectivity index (χ1n) is 7.34. The molecule has 0 radical (unpaired) electrons. The zero-order valence-electron chi connectivity index (χ0n) is 12.7. The van der Waals surface area contributed by atoms with Crippen molar-refractivity contribution in [3.63, 3.8) is 0 Å². The molecule has 118 valence electrons. The molecule has 2 aromatic carbocycles. The van der Waals surface area contributed by atoms with Gasteiger partial charge in [-0.05, 0) is 41.8 Å². The quantitative estimate of drug-likeness (QED) is 0.476. The highest BCUT2D eigenvalue weighted by molar-refractivity contribution is 9.10. The van der Waals surface area contributed by atoms with E-state index in [9.17, 15) is 9.59 Å². The number of fused-ring (bicyclic) bond motifs is 2. The van der Waals surface area contributed by atoms with E-state index in [4.69, 9.17) is 0 Å². The van der Waals surface area contributed by atoms with Gasteiger partial charge in [-0.25, -0.2) is 4.79 Å². The Bertz CT molecular complexity index is 1160. The van der Waals surface area contributed by atoms with E-state index < -0.39 is 5.69 Å². The van der Waals surface area contributed by atoms with Gasteiger partial charge in [0.05, 0.1) is 11.1 Å². The minimum absolute atomic E-state index is 0.346. The zero-order chi connectivity index (χ0) is 16.8. The molecule has 0 bridgehead atoms. The van der Waals surface area contributed by atoms with Gasteiger partial charge in [-0.15, -0.1) is 0 Å². The van der Waals surface area contributed by atoms with Crippen LogP contribution < -0.4 is 11.2 Å². The maximum atomic E-state index is 12.5. The fraction of sp³-hybridized carbons (Fsp3) is 0.0556. The minimum Gasteiger partial charge on any atom is -0.294 e. The molecule has 4 rings (SSSR count). The Labute approximate surface area is 145 Å². The molecule has 0 spiro atoms. The molecule has 5 nitrogen and oxygen atoms in total. The van der Waals surface area contributed by atoms with Crippen molar-refractivity contribution in [2.45, 2.75) is 0 Å². The summed E-state index contributed by atoms with van der Waals surface area (Å²) in [6, 6.07) is 17.2. The molecule has 0 saturated carbocycles. The lowest BCUT2D eigenvalue weighted by atomic mass is 10.1. The van der Waals surface area contributed by atoms with E-state index in [-0.39, 0.29) is 5.56 Å². The topological polar surface area (TPSA) is 56.9 Å². The minimum atomic E-state index is -0.561. The van der Waals surface area contributed by atoms with Crippen molar-refractivity contribution in [1.29, 1.82) is 0 Å². The van der Waals surface area contributed by atoms with Crippen molar-refractivity contribution in [2.75, 3.05) is 0 Å². The van der Waals surface area contributed by atoms with Crippen LogP contribution in [0.4, 0.5) is 0 Å². The number of rotatable bonds is 1. The largest absolute Gasteiger partial charge is 0.352 e. The first-order valence-corrected chi connectivity index (χ1v) is 8.13. The molecule has 0 aromatic heterocycles. The Balaban J connectivity index is 2.25. The number of nitrogens with zero attached hydrogens (tertiary/aromatic N) is 3. The van der Waals surface area contributed by atoms with Crippen molar-refractivity contribution in [1.82, 2.24) is 14.1 Å². The number of hydrogen-bond acceptors (Lipinski definition) is 3. The van der Waals surface area contributed by atoms with Gasteiger partial charge in [0.25, 0.3) is 5.56 Å². The highest BCUT2D eigenvalue weighted by Gasteiger charge is 2.19. The van der Waals surface area contributed by atoms with E-state index in [1.807, 2.05) is 53.1 Å². The summed E-state index contributed by atoms with van der Waals surface area (Å²) in [7, 11) is 1.44. The third-order valence-electron chi connectivity index (χ3n) is 4.04. The maximum Gasteiger partial charge on any atom is 0.352 e. The Kier molecular flexibility index (Phi) is 3.35. The normalized spacial score (nSPS) is 11.2. The molecular weight excluding hydrogens is 370 g/mol. The van der Waals surface area contributed by atoms with Gasteiger partial charge in [0.2, 0.25) is 0 Å². The van der Waals surface area contributed by atoms with E-state index in [2.05, 4.69) is 20.9 Å². The van der Waals surface area contributed by atoms with E-state index in [0.717, 1.165) is 25.6 Å². The predicted octanol–water partition coefficient (Wildman–Crippen LogP) is 2.95. The summed E-state index contributed by atoms with van der Waals surface area (Å²) >= 11 is 3.42. The van der Waals surface area contributed by atoms with Gasteiger partial charge >= 0.3 is 5.69 Å². The summed E-state index contributed by atoms with van der Waals surface area (Å²) in [6.07, 6.45) is 0. The maximum absolute atomic E-state index is 12.5. The fourth-order valence-corrected chi connectivity index (χ4v) is 3.08. The van der Waals surface area contributed by atoms with E-state index in [1.54, 1.807) is 6.07 Å². The molecular formula is C18H12BrN3O2. The first kappa shape index (κ1) is 14.8. The van der Waals surface area contributed by atoms with E-state index >= 15 is 0 Å². The highest BCUT2D eigenvalue weighted by Crippen LogP contribution is 2.28. The number of para-hydroxylation sites is 1. The fourth-order valence-electron chi connectivity index (χ4n) is 2.82. The van der Waals surface area contributed by atoms with Crippen LogP contribution in [0.15, 0.2) is 68.7 Å². The van der Waals surface area contributed by atoms with Crippen LogP contribution in [-0.2, 0) is 7.05 Å². The van der Waals surface area contributed by atoms with Crippen LogP contribution >= 0.6 is 15.9 Å². The molecule has 2 aliphatic rings. The Morgan fingerprint density at radius 3 is 2.46 bits per heavy atom. The Morgan fingerprint density at radius 1 is 1.00 bits per heavy atom. The smallest absolute Gasteiger partial charge is 0.294 e. The second kappa shape index (κ2) is 5.42. The van der Waals surface area contributed by atoms with Crippen molar-refractivity contribution in [3.8, 4) is 17.1 Å². The number of halogens is 1. The molecule has 0 fully saturated rings. The molecule has 0 saturated heterocycles. The molecule has 0 amide bonds. The lowest BCUT2D eigenvalue weighted by Crippen LogP contribution is -2.35. The number of aromatic nitrogens is 3. The van der Waals surface area contributed by atoms with Gasteiger partial charge < -0.3 is 0 Å². The monoisotopic (exact) mass is 381 g/mol. The molecule has 0 aliphatic carbocycles. The summed E-state index contributed by atoms with van der Waals surface area (Å²) in [5, 5.41) is 0.908. The van der Waals surface area contributed by atoms with Gasteiger partial charge in [0.1, 0.15) is 0 Å². The van der Waals surface area contributed by atoms with Gasteiger partial charge in [0, 0.05) is 17.2 Å². The zero-order valence-corrected chi connectivity index (χ0v) is 14.3. The summed E-state index contributed by atoms with van der Waals surface area (Å²) in [5.74, 6) is 0.365. The third kappa shape index (κ3) is 2.18. The molecule has 0 unspecified atom stereocenters. The number of benzene rings is 2. The molecule has 6 heteroatoms. The van der Waals surface area contributed by atoms with Crippen molar-refractivity contribution < 1.29 is 0 Å². The molecule has 0 atom stereocenters. The SMILES string of the molecule is Cn1c(=O)nc2n(-c3ccc(Br)cc3)c3ccccc3cc-2c1=O. The van der Waals surface area contributed by atoms with Crippen LogP contribution in [0.5, 0.6) is 0 Å². The average Bonchev–Trinajstić information content (AvgIpc) is 2.59. The number of hydrogen-bond donors (Lipinski definition) is 0. The average molecular weight is 382 g/mol. The van der Waals surface area contributed by atoms with Crippen molar-refractivity contribution in [3.05, 3.63) is 79.9 Å². The summed E-state index contributed by atoms with van der Waals surface area (Å²) in [6.45, 7) is 0. The summed E-state index contributed by atoms with van der Waals surface area (Å²) in [4.78, 5) is 28.7. The molecule has 2 aromatic rings. The van der Waals surface area contributed by atoms with Crippen LogP contribution in [0.2, 0.25) is 0 Å². The summed E-state index contributed by atoms with van der Waals surface area (Å²) < 4.78 is 3.83. The molecule has 2 heterocycles. The lowest BCUT2D eigenvalue weighted by Gasteiger charge is -2.18. The van der Waals surface area contributed by atoms with Crippen molar-refractivity contribution >= 4 is 26.8 Å². The Morgan fingerprint density at radius 2 is 1.71 bits per heavy atom. The van der Waals surface area contributed by atoms with Crippen LogP contribution in [0.25, 0.3) is 28.0 Å². The van der Waals surface area contributed by atoms with Crippen LogP contribution in [0, 0.1) is 0 Å². The van der Waals surface area contributed by atoms with Crippen molar-refractivity contribution in [2.24, 2.45) is 7.05 Å². The summed E-state index contributed by atoms with van der Waals surface area (Å²) in [5.41, 5.74) is 1.22. The van der Waals surface area contributed by atoms with Crippen LogP contribution in [0.1, 0.15) is 0 Å². The lowest BCUT2D eigenvalue weighted by molar-refractivity contribution is 0.766. The van der Waals surface area contributed by atoms with E-state index in [1.165, 1.54) is 7.05 Å². The standard InChI is InChI=1S/C18H12BrN3O2/c1-21-17(23)14-10-11-4-2-3-5-15(11)22(16(14)20-18(21)24)13-8-6-12(19)7-9-13/h2-10H,1H3. The van der Waals surface area contributed by atoms with Gasteiger partial charge in [-0.1, -0.05) is 34.1 Å². The molecule has 0 N–H and O–H groups in total. The molecule has 24 heavy (non-hydrogen) atoms. The van der Waals surface area contributed by atoms with Crippen LogP contribution in [-0.4, -0.2) is 14.1 Å².